The van der Waals surface area contributed by atoms with Crippen LogP contribution in [0.25, 0.3) is 0 Å². The van der Waals surface area contributed by atoms with Crippen molar-refractivity contribution in [3.05, 3.63) is 75.2 Å². The lowest BCUT2D eigenvalue weighted by atomic mass is 9.91. The predicted molar refractivity (Wildman–Crippen MR) is 103 cm³/mol. The Hall–Kier alpha value is -2.22. The van der Waals surface area contributed by atoms with Crippen LogP contribution >= 0.6 is 22.9 Å². The van der Waals surface area contributed by atoms with Gasteiger partial charge < -0.3 is 5.32 Å². The monoisotopic (exact) mass is 421 g/mol. The van der Waals surface area contributed by atoms with Crippen LogP contribution in [0.5, 0.6) is 0 Å². The molecule has 1 aromatic heterocycles. The van der Waals surface area contributed by atoms with Gasteiger partial charge in [-0.25, -0.2) is 12.8 Å². The Bertz CT molecular complexity index is 1120. The fraction of sp³-hybridized carbons (Fsp3) is 0.105. The molecule has 0 saturated carbocycles. The highest BCUT2D eigenvalue weighted by molar-refractivity contribution is 7.91. The molecule has 4 rings (SSSR count). The van der Waals surface area contributed by atoms with Crippen LogP contribution in [0.3, 0.4) is 0 Å². The van der Waals surface area contributed by atoms with E-state index in [1.807, 2.05) is 0 Å². The molecule has 4 nitrogen and oxygen atoms in total. The molecule has 2 heterocycles. The molecule has 1 atom stereocenters. The summed E-state index contributed by atoms with van der Waals surface area (Å²) < 4.78 is 39.3. The molecular formula is C19H13ClFNO3S2. The molecule has 1 N–H and O–H groups in total. The minimum absolute atomic E-state index is 0.0602. The van der Waals surface area contributed by atoms with Crippen molar-refractivity contribution in [2.24, 2.45) is 0 Å². The first-order valence-electron chi connectivity index (χ1n) is 8.03. The highest BCUT2D eigenvalue weighted by atomic mass is 35.5. The lowest BCUT2D eigenvalue weighted by Gasteiger charge is -2.23. The van der Waals surface area contributed by atoms with Gasteiger partial charge in [-0.2, -0.15) is 0 Å². The number of carbonyl (C=O) groups excluding carboxylic acids is 1. The molecule has 1 aliphatic rings. The Morgan fingerprint density at radius 1 is 1.07 bits per heavy atom. The fourth-order valence-corrected chi connectivity index (χ4v) is 6.14. The molecule has 0 aliphatic carbocycles. The lowest BCUT2D eigenvalue weighted by molar-refractivity contribution is -0.116. The molecule has 27 heavy (non-hydrogen) atoms. The molecule has 1 aliphatic heterocycles. The van der Waals surface area contributed by atoms with Gasteiger partial charge in [-0.15, -0.1) is 11.3 Å². The second kappa shape index (κ2) is 6.74. The summed E-state index contributed by atoms with van der Waals surface area (Å²) in [6, 6.07) is 11.8. The lowest BCUT2D eigenvalue weighted by Crippen LogP contribution is -2.23. The molecule has 2 aromatic carbocycles. The number of fused-ring (bicyclic) bond motifs is 1. The molecule has 0 fully saturated rings. The average Bonchev–Trinajstić information content (AvgIpc) is 3.06. The van der Waals surface area contributed by atoms with Crippen molar-refractivity contribution in [3.63, 3.8) is 0 Å². The van der Waals surface area contributed by atoms with Gasteiger partial charge in [0.1, 0.15) is 10.7 Å². The third-order valence-electron chi connectivity index (χ3n) is 4.44. The summed E-state index contributed by atoms with van der Waals surface area (Å²) in [5, 5.41) is 4.67. The number of thiophene rings is 1. The fourth-order valence-electron chi connectivity index (χ4n) is 3.11. The van der Waals surface area contributed by atoms with Crippen molar-refractivity contribution in [2.75, 3.05) is 5.32 Å². The number of benzene rings is 2. The molecule has 138 valence electrons. The van der Waals surface area contributed by atoms with E-state index < -0.39 is 9.84 Å². The van der Waals surface area contributed by atoms with Gasteiger partial charge in [0.2, 0.25) is 15.7 Å². The summed E-state index contributed by atoms with van der Waals surface area (Å²) in [5.41, 5.74) is 1.07. The summed E-state index contributed by atoms with van der Waals surface area (Å²) >= 11 is 7.11. The minimum Gasteiger partial charge on any atom is -0.324 e. The maximum atomic E-state index is 13.2. The minimum atomic E-state index is -3.81. The Balaban J connectivity index is 1.82. The van der Waals surface area contributed by atoms with Crippen LogP contribution in [0.4, 0.5) is 10.1 Å². The van der Waals surface area contributed by atoms with Crippen LogP contribution in [-0.2, 0) is 14.6 Å². The normalized spacial score (nSPS) is 16.7. The van der Waals surface area contributed by atoms with E-state index in [2.05, 4.69) is 5.32 Å². The van der Waals surface area contributed by atoms with E-state index in [9.17, 15) is 17.6 Å². The summed E-state index contributed by atoms with van der Waals surface area (Å²) in [6.07, 6.45) is 0.180. The zero-order chi connectivity index (χ0) is 19.2. The first-order valence-corrected chi connectivity index (χ1v) is 10.8. The van der Waals surface area contributed by atoms with Gasteiger partial charge in [-0.3, -0.25) is 4.79 Å². The quantitative estimate of drug-likeness (QED) is 0.657. The van der Waals surface area contributed by atoms with E-state index in [1.165, 1.54) is 53.1 Å². The van der Waals surface area contributed by atoms with Gasteiger partial charge in [0.25, 0.3) is 0 Å². The first kappa shape index (κ1) is 18.2. The van der Waals surface area contributed by atoms with Crippen LogP contribution in [0.15, 0.2) is 63.7 Å². The van der Waals surface area contributed by atoms with Crippen molar-refractivity contribution in [1.29, 1.82) is 0 Å². The van der Waals surface area contributed by atoms with E-state index >= 15 is 0 Å². The van der Waals surface area contributed by atoms with Crippen molar-refractivity contribution >= 4 is 44.4 Å². The molecule has 3 aromatic rings. The van der Waals surface area contributed by atoms with Gasteiger partial charge in [0, 0.05) is 27.6 Å². The Labute approximate surface area is 164 Å². The third-order valence-corrected chi connectivity index (χ3v) is 7.73. The van der Waals surface area contributed by atoms with Crippen LogP contribution in [0, 0.1) is 5.82 Å². The second-order valence-corrected chi connectivity index (χ2v) is 9.42. The van der Waals surface area contributed by atoms with Crippen molar-refractivity contribution < 1.29 is 17.6 Å². The van der Waals surface area contributed by atoms with Crippen LogP contribution < -0.4 is 5.32 Å². The number of carbonyl (C=O) groups is 1. The molecule has 0 saturated heterocycles. The Morgan fingerprint density at radius 3 is 2.41 bits per heavy atom. The number of rotatable bonds is 3. The SMILES string of the molecule is O=C1CC(c2ccc(F)cc2)c2scc(S(=O)(=O)c3ccc(Cl)cc3)c2N1. The second-order valence-electron chi connectivity index (χ2n) is 6.15. The van der Waals surface area contributed by atoms with E-state index in [-0.39, 0.29) is 33.9 Å². The molecule has 1 unspecified atom stereocenters. The molecule has 0 bridgehead atoms. The zero-order valence-corrected chi connectivity index (χ0v) is 16.2. The maximum absolute atomic E-state index is 13.2. The number of halogens is 2. The molecular weight excluding hydrogens is 409 g/mol. The molecule has 0 radical (unpaired) electrons. The van der Waals surface area contributed by atoms with Crippen molar-refractivity contribution in [3.8, 4) is 0 Å². The number of anilines is 1. The number of hydrogen-bond acceptors (Lipinski definition) is 4. The molecule has 8 heteroatoms. The van der Waals surface area contributed by atoms with Gasteiger partial charge in [-0.1, -0.05) is 23.7 Å². The Kier molecular flexibility index (Phi) is 4.53. The summed E-state index contributed by atoms with van der Waals surface area (Å²) in [4.78, 5) is 13.1. The van der Waals surface area contributed by atoms with Gasteiger partial charge in [-0.05, 0) is 42.0 Å². The zero-order valence-electron chi connectivity index (χ0n) is 13.8. The smallest absolute Gasteiger partial charge is 0.225 e. The summed E-state index contributed by atoms with van der Waals surface area (Å²) in [6.45, 7) is 0. The highest BCUT2D eigenvalue weighted by Crippen LogP contribution is 2.45. The van der Waals surface area contributed by atoms with E-state index in [0.717, 1.165) is 10.4 Å². The predicted octanol–water partition coefficient (Wildman–Crippen LogP) is 4.85. The van der Waals surface area contributed by atoms with Crippen molar-refractivity contribution in [2.45, 2.75) is 22.1 Å². The van der Waals surface area contributed by atoms with Gasteiger partial charge >= 0.3 is 0 Å². The molecule has 0 spiro atoms. The van der Waals surface area contributed by atoms with Crippen LogP contribution in [0.2, 0.25) is 5.02 Å². The van der Waals surface area contributed by atoms with Crippen molar-refractivity contribution in [1.82, 2.24) is 0 Å². The van der Waals surface area contributed by atoms with Gasteiger partial charge in [0.05, 0.1) is 10.6 Å². The van der Waals surface area contributed by atoms with Crippen LogP contribution in [-0.4, -0.2) is 14.3 Å². The molecule has 1 amide bonds. The third kappa shape index (κ3) is 3.26. The average molecular weight is 422 g/mol. The number of sulfone groups is 1. The highest BCUT2D eigenvalue weighted by Gasteiger charge is 2.34. The maximum Gasteiger partial charge on any atom is 0.225 e. The van der Waals surface area contributed by atoms with E-state index in [1.54, 1.807) is 12.1 Å². The van der Waals surface area contributed by atoms with E-state index in [4.69, 9.17) is 11.6 Å². The Morgan fingerprint density at radius 2 is 1.74 bits per heavy atom. The number of hydrogen-bond donors (Lipinski definition) is 1. The van der Waals surface area contributed by atoms with Gasteiger partial charge in [0.15, 0.2) is 0 Å². The number of amides is 1. The first-order chi connectivity index (χ1) is 12.9. The summed E-state index contributed by atoms with van der Waals surface area (Å²) in [5.74, 6) is -0.951. The summed E-state index contributed by atoms with van der Waals surface area (Å²) in [7, 11) is -3.81. The van der Waals surface area contributed by atoms with Crippen LogP contribution in [0.1, 0.15) is 22.8 Å². The largest absolute Gasteiger partial charge is 0.324 e. The topological polar surface area (TPSA) is 63.2 Å². The standard InChI is InChI=1S/C19H13ClFNO3S2/c20-12-3-7-14(8-4-12)27(24,25)16-10-26-19-15(9-17(23)22-18(16)19)11-1-5-13(21)6-2-11/h1-8,10,15H,9H2,(H,22,23). The number of nitrogens with one attached hydrogen (secondary N) is 1. The van der Waals surface area contributed by atoms with E-state index in [0.29, 0.717) is 10.7 Å².